The van der Waals surface area contributed by atoms with Gasteiger partial charge in [0.15, 0.2) is 0 Å². The molecule has 1 fully saturated rings. The van der Waals surface area contributed by atoms with Crippen LogP contribution in [-0.2, 0) is 4.74 Å². The Balaban J connectivity index is 2.26. The van der Waals surface area contributed by atoms with Gasteiger partial charge in [0.25, 0.3) is 0 Å². The quantitative estimate of drug-likeness (QED) is 0.622. The largest absolute Gasteiger partial charge is 0.379 e. The predicted octanol–water partition coefficient (Wildman–Crippen LogP) is 1.76. The third-order valence-corrected chi connectivity index (χ3v) is 4.78. The molecule has 0 aliphatic carbocycles. The first kappa shape index (κ1) is 10.1. The number of hydrogen-bond acceptors (Lipinski definition) is 1. The molecule has 1 aliphatic heterocycles. The first-order valence-corrected chi connectivity index (χ1v) is 6.25. The van der Waals surface area contributed by atoms with Gasteiger partial charge in [0, 0.05) is 17.9 Å². The maximum absolute atomic E-state index is 11.9. The van der Waals surface area contributed by atoms with E-state index in [9.17, 15) is 8.78 Å². The Morgan fingerprint density at radius 1 is 1.50 bits per heavy atom. The highest BCUT2D eigenvalue weighted by molar-refractivity contribution is 6.39. The van der Waals surface area contributed by atoms with Crippen molar-refractivity contribution in [3.63, 3.8) is 0 Å². The van der Waals surface area contributed by atoms with E-state index in [0.29, 0.717) is 0 Å². The topological polar surface area (TPSA) is 9.23 Å². The third kappa shape index (κ3) is 3.19. The van der Waals surface area contributed by atoms with Gasteiger partial charge in [-0.15, -0.1) is 0 Å². The summed E-state index contributed by atoms with van der Waals surface area (Å²) in [4.78, 5) is 0. The molecule has 12 heavy (non-hydrogen) atoms. The summed E-state index contributed by atoms with van der Waals surface area (Å²) in [5.74, 6) is 0. The summed E-state index contributed by atoms with van der Waals surface area (Å²) in [5, 5.41) is -0.130. The minimum Gasteiger partial charge on any atom is -0.379 e. The van der Waals surface area contributed by atoms with Crippen LogP contribution in [0.4, 0.5) is 8.78 Å². The number of rotatable bonds is 3. The average Bonchev–Trinajstić information content (AvgIpc) is 2.03. The lowest BCUT2D eigenvalue weighted by molar-refractivity contribution is -0.00852. The van der Waals surface area contributed by atoms with Crippen LogP contribution >= 0.6 is 0 Å². The van der Waals surface area contributed by atoms with Gasteiger partial charge in [0.05, 0.1) is 9.52 Å². The van der Waals surface area contributed by atoms with E-state index in [0.717, 1.165) is 25.9 Å². The maximum atomic E-state index is 11.9. The molecule has 0 aromatic heterocycles. The molecular formula is C8H16F2OSi. The van der Waals surface area contributed by atoms with Gasteiger partial charge in [-0.25, -0.2) is 8.78 Å². The molecule has 1 heterocycles. The molecule has 1 rings (SSSR count). The Morgan fingerprint density at radius 3 is 2.75 bits per heavy atom. The van der Waals surface area contributed by atoms with E-state index in [1.165, 1.54) is 0 Å². The first-order valence-electron chi connectivity index (χ1n) is 4.54. The van der Waals surface area contributed by atoms with E-state index in [1.54, 1.807) is 0 Å². The summed E-state index contributed by atoms with van der Waals surface area (Å²) in [5.41, 5.74) is 0. The smallest absolute Gasteiger partial charge is 0.235 e. The Hall–Kier alpha value is 0.0369. The monoisotopic (exact) mass is 194 g/mol. The lowest BCUT2D eigenvalue weighted by Crippen LogP contribution is -2.39. The van der Waals surface area contributed by atoms with Crippen molar-refractivity contribution >= 4 is 9.52 Å². The lowest BCUT2D eigenvalue weighted by Gasteiger charge is -2.33. The molecule has 0 spiro atoms. The van der Waals surface area contributed by atoms with Gasteiger partial charge in [-0.05, 0) is 26.2 Å². The zero-order valence-electron chi connectivity index (χ0n) is 7.48. The fraction of sp³-hybridized carbons (Fsp3) is 1.00. The lowest BCUT2D eigenvalue weighted by atomic mass is 10.1. The zero-order valence-corrected chi connectivity index (χ0v) is 8.90. The van der Waals surface area contributed by atoms with E-state index in [4.69, 9.17) is 4.74 Å². The fourth-order valence-corrected chi connectivity index (χ4v) is 3.22. The van der Waals surface area contributed by atoms with Crippen molar-refractivity contribution in [2.45, 2.75) is 43.9 Å². The van der Waals surface area contributed by atoms with Crippen LogP contribution in [0.5, 0.6) is 0 Å². The van der Waals surface area contributed by atoms with Gasteiger partial charge >= 0.3 is 0 Å². The number of halogens is 2. The Morgan fingerprint density at radius 2 is 2.25 bits per heavy atom. The van der Waals surface area contributed by atoms with Crippen LogP contribution in [0.25, 0.3) is 0 Å². The number of ether oxygens (including phenoxy) is 1. The van der Waals surface area contributed by atoms with E-state index in [-0.39, 0.29) is 11.3 Å². The van der Waals surface area contributed by atoms with E-state index < -0.39 is 15.9 Å². The van der Waals surface area contributed by atoms with Crippen LogP contribution in [0.1, 0.15) is 26.2 Å². The van der Waals surface area contributed by atoms with Gasteiger partial charge in [-0.2, -0.15) is 0 Å². The van der Waals surface area contributed by atoms with Crippen LogP contribution in [0.15, 0.2) is 0 Å². The summed E-state index contributed by atoms with van der Waals surface area (Å²) < 4.78 is 29.4. The molecule has 0 saturated carbocycles. The van der Waals surface area contributed by atoms with Crippen molar-refractivity contribution < 1.29 is 13.5 Å². The highest BCUT2D eigenvalue weighted by Gasteiger charge is 2.28. The molecule has 0 amide bonds. The summed E-state index contributed by atoms with van der Waals surface area (Å²) in [6.45, 7) is 2.77. The average molecular weight is 194 g/mol. The highest BCUT2D eigenvalue weighted by Crippen LogP contribution is 2.24. The molecule has 0 bridgehead atoms. The van der Waals surface area contributed by atoms with Crippen LogP contribution in [0, 0.1) is 0 Å². The standard InChI is InChI=1S/C8H16F2OSi/c1-8(12-6-7(9)10)4-2-3-5-11-8/h7H,2-6,12H2,1H3. The van der Waals surface area contributed by atoms with Crippen LogP contribution in [0.2, 0.25) is 6.04 Å². The predicted molar refractivity (Wildman–Crippen MR) is 47.6 cm³/mol. The normalized spacial score (nSPS) is 32.0. The fourth-order valence-electron chi connectivity index (χ4n) is 1.60. The first-order chi connectivity index (χ1) is 5.62. The Labute approximate surface area is 74.3 Å². The van der Waals surface area contributed by atoms with Crippen molar-refractivity contribution in [2.24, 2.45) is 0 Å². The van der Waals surface area contributed by atoms with Crippen molar-refractivity contribution in [3.05, 3.63) is 0 Å². The van der Waals surface area contributed by atoms with E-state index in [1.807, 2.05) is 6.92 Å². The SMILES string of the molecule is CC1([SiH2]CC(F)F)CCCCO1. The van der Waals surface area contributed by atoms with E-state index >= 15 is 0 Å². The zero-order chi connectivity index (χ0) is 9.03. The number of alkyl halides is 2. The molecule has 1 aliphatic rings. The second kappa shape index (κ2) is 4.32. The van der Waals surface area contributed by atoms with Gasteiger partial charge in [0.2, 0.25) is 6.43 Å². The molecule has 0 aromatic carbocycles. The molecule has 72 valence electrons. The molecule has 0 N–H and O–H groups in total. The molecule has 1 saturated heterocycles. The minimum absolute atomic E-state index is 0.108. The molecule has 1 atom stereocenters. The summed E-state index contributed by atoms with van der Waals surface area (Å²) >= 11 is 0. The minimum atomic E-state index is -2.13. The molecule has 4 heteroatoms. The van der Waals surface area contributed by atoms with Crippen molar-refractivity contribution in [3.8, 4) is 0 Å². The molecule has 0 aromatic rings. The van der Waals surface area contributed by atoms with Crippen LogP contribution < -0.4 is 0 Å². The summed E-state index contributed by atoms with van der Waals surface area (Å²) in [6.07, 6.45) is 1.11. The van der Waals surface area contributed by atoms with Crippen molar-refractivity contribution in [2.75, 3.05) is 6.61 Å². The van der Waals surface area contributed by atoms with E-state index in [2.05, 4.69) is 0 Å². The van der Waals surface area contributed by atoms with Gasteiger partial charge in [-0.1, -0.05) is 0 Å². The third-order valence-electron chi connectivity index (χ3n) is 2.44. The molecule has 1 nitrogen and oxygen atoms in total. The van der Waals surface area contributed by atoms with Crippen LogP contribution in [0.3, 0.4) is 0 Å². The van der Waals surface area contributed by atoms with Crippen LogP contribution in [-0.4, -0.2) is 27.8 Å². The Kier molecular flexibility index (Phi) is 3.65. The van der Waals surface area contributed by atoms with Gasteiger partial charge in [-0.3, -0.25) is 0 Å². The highest BCUT2D eigenvalue weighted by atomic mass is 28.2. The molecule has 0 radical (unpaired) electrons. The second-order valence-electron chi connectivity index (χ2n) is 3.69. The maximum Gasteiger partial charge on any atom is 0.235 e. The van der Waals surface area contributed by atoms with Crippen molar-refractivity contribution in [1.29, 1.82) is 0 Å². The Bertz CT molecular complexity index is 135. The second-order valence-corrected chi connectivity index (χ2v) is 6.26. The summed E-state index contributed by atoms with van der Waals surface area (Å²) in [7, 11) is -0.751. The number of hydrogen-bond donors (Lipinski definition) is 0. The molecular weight excluding hydrogens is 178 g/mol. The van der Waals surface area contributed by atoms with Crippen molar-refractivity contribution in [1.82, 2.24) is 0 Å². The van der Waals surface area contributed by atoms with Gasteiger partial charge < -0.3 is 4.74 Å². The summed E-state index contributed by atoms with van der Waals surface area (Å²) in [6, 6.07) is 0.108. The molecule has 1 unspecified atom stereocenters. The van der Waals surface area contributed by atoms with Gasteiger partial charge in [0.1, 0.15) is 0 Å².